The van der Waals surface area contributed by atoms with Crippen molar-refractivity contribution in [3.8, 4) is 11.6 Å². The summed E-state index contributed by atoms with van der Waals surface area (Å²) in [5.74, 6) is 0.121. The van der Waals surface area contributed by atoms with Gasteiger partial charge in [0.15, 0.2) is 15.6 Å². The van der Waals surface area contributed by atoms with Gasteiger partial charge in [0.05, 0.1) is 25.0 Å². The van der Waals surface area contributed by atoms with E-state index >= 15 is 0 Å². The highest BCUT2D eigenvalue weighted by Gasteiger charge is 2.25. The number of carbonyl (C=O) groups excluding carboxylic acids is 1. The molecule has 6 nitrogen and oxygen atoms in total. The molecule has 1 aromatic heterocycles. The van der Waals surface area contributed by atoms with E-state index in [0.29, 0.717) is 29.2 Å². The van der Waals surface area contributed by atoms with Gasteiger partial charge in [0.1, 0.15) is 10.6 Å². The van der Waals surface area contributed by atoms with Gasteiger partial charge in [-0.15, -0.1) is 0 Å². The lowest BCUT2D eigenvalue weighted by atomic mass is 10.0. The predicted octanol–water partition coefficient (Wildman–Crippen LogP) is 3.32. The standard InChI is InChI=1S/C18H18ClNO5S/c1-11-5-15(21)14-6-12(8-20-18(14)25-9-11)10-26(22,23)17-7-13(19)3-4-16(17)24-2/h3-4,6-8,11H,5,9-10H2,1-2H3/t11-/m1/s1. The summed E-state index contributed by atoms with van der Waals surface area (Å²) in [5, 5.41) is 0.294. The molecular formula is C18H18ClNO5S. The third-order valence-corrected chi connectivity index (χ3v) is 6.00. The number of methoxy groups -OCH3 is 1. The number of benzene rings is 1. The molecule has 0 unspecified atom stereocenters. The van der Waals surface area contributed by atoms with Gasteiger partial charge >= 0.3 is 0 Å². The third kappa shape index (κ3) is 3.83. The Bertz CT molecular complexity index is 958. The Labute approximate surface area is 157 Å². The molecule has 0 saturated carbocycles. The van der Waals surface area contributed by atoms with Gasteiger partial charge in [0, 0.05) is 17.6 Å². The lowest BCUT2D eigenvalue weighted by Crippen LogP contribution is -2.09. The molecule has 0 amide bonds. The molecular weight excluding hydrogens is 378 g/mol. The second-order valence-electron chi connectivity index (χ2n) is 6.29. The van der Waals surface area contributed by atoms with Crippen LogP contribution in [0.15, 0.2) is 35.4 Å². The second kappa shape index (κ2) is 7.25. The minimum Gasteiger partial charge on any atom is -0.495 e. The molecule has 0 bridgehead atoms. The van der Waals surface area contributed by atoms with Crippen molar-refractivity contribution in [2.45, 2.75) is 24.0 Å². The summed E-state index contributed by atoms with van der Waals surface area (Å²) in [6.07, 6.45) is 1.75. The normalized spacial score (nSPS) is 17.2. The molecule has 0 spiro atoms. The van der Waals surface area contributed by atoms with Gasteiger partial charge in [-0.05, 0) is 35.7 Å². The first kappa shape index (κ1) is 18.7. The van der Waals surface area contributed by atoms with Crippen molar-refractivity contribution in [1.82, 2.24) is 4.98 Å². The number of Topliss-reactive ketones (excluding diaryl/α,β-unsaturated/α-hetero) is 1. The number of fused-ring (bicyclic) bond motifs is 1. The summed E-state index contributed by atoms with van der Waals surface area (Å²) in [5.41, 5.74) is 0.720. The fourth-order valence-electron chi connectivity index (χ4n) is 2.79. The molecule has 0 saturated heterocycles. The van der Waals surface area contributed by atoms with Crippen molar-refractivity contribution in [1.29, 1.82) is 0 Å². The molecule has 2 aromatic rings. The first-order valence-corrected chi connectivity index (χ1v) is 10.0. The number of rotatable bonds is 4. The minimum absolute atomic E-state index is 0.00126. The average molecular weight is 396 g/mol. The maximum absolute atomic E-state index is 12.8. The topological polar surface area (TPSA) is 82.6 Å². The highest BCUT2D eigenvalue weighted by molar-refractivity contribution is 7.90. The van der Waals surface area contributed by atoms with Crippen LogP contribution in [0.4, 0.5) is 0 Å². The predicted molar refractivity (Wildman–Crippen MR) is 96.7 cm³/mol. The number of aromatic nitrogens is 1. The highest BCUT2D eigenvalue weighted by Crippen LogP contribution is 2.31. The van der Waals surface area contributed by atoms with Gasteiger partial charge in [-0.2, -0.15) is 0 Å². The Morgan fingerprint density at radius 3 is 2.85 bits per heavy atom. The average Bonchev–Trinajstić information content (AvgIpc) is 2.73. The number of ketones is 1. The van der Waals surface area contributed by atoms with E-state index in [1.807, 2.05) is 6.92 Å². The fraction of sp³-hybridized carbons (Fsp3) is 0.333. The zero-order valence-electron chi connectivity index (χ0n) is 14.4. The SMILES string of the molecule is COc1ccc(Cl)cc1S(=O)(=O)Cc1cnc2c(c1)C(=O)C[C@@H](C)CO2. The molecule has 138 valence electrons. The van der Waals surface area contributed by atoms with Crippen molar-refractivity contribution >= 4 is 27.2 Å². The van der Waals surface area contributed by atoms with Crippen LogP contribution in [0.25, 0.3) is 0 Å². The zero-order valence-corrected chi connectivity index (χ0v) is 15.9. The Kier molecular flexibility index (Phi) is 5.20. The second-order valence-corrected chi connectivity index (χ2v) is 8.69. The molecule has 8 heteroatoms. The third-order valence-electron chi connectivity index (χ3n) is 4.06. The molecule has 26 heavy (non-hydrogen) atoms. The quantitative estimate of drug-likeness (QED) is 0.789. The summed E-state index contributed by atoms with van der Waals surface area (Å²) in [6, 6.07) is 5.95. The van der Waals surface area contributed by atoms with E-state index in [2.05, 4.69) is 4.98 Å². The van der Waals surface area contributed by atoms with Crippen molar-refractivity contribution in [3.63, 3.8) is 0 Å². The number of hydrogen-bond donors (Lipinski definition) is 0. The molecule has 0 N–H and O–H groups in total. The Balaban J connectivity index is 1.96. The van der Waals surface area contributed by atoms with E-state index in [4.69, 9.17) is 21.1 Å². The highest BCUT2D eigenvalue weighted by atomic mass is 35.5. The van der Waals surface area contributed by atoms with E-state index < -0.39 is 9.84 Å². The molecule has 2 heterocycles. The maximum Gasteiger partial charge on any atom is 0.224 e. The molecule has 1 aliphatic rings. The fourth-order valence-corrected chi connectivity index (χ4v) is 4.54. The lowest BCUT2D eigenvalue weighted by Gasteiger charge is -2.11. The van der Waals surface area contributed by atoms with E-state index in [0.717, 1.165) is 0 Å². The summed E-state index contributed by atoms with van der Waals surface area (Å²) in [7, 11) is -2.35. The van der Waals surface area contributed by atoms with E-state index in [1.165, 1.54) is 31.5 Å². The molecule has 1 aliphatic heterocycles. The summed E-state index contributed by atoms with van der Waals surface area (Å²) in [4.78, 5) is 16.5. The van der Waals surface area contributed by atoms with Crippen molar-refractivity contribution in [2.24, 2.45) is 5.92 Å². The summed E-state index contributed by atoms with van der Waals surface area (Å²) in [6.45, 7) is 2.32. The first-order valence-electron chi connectivity index (χ1n) is 8.01. The maximum atomic E-state index is 12.8. The monoisotopic (exact) mass is 395 g/mol. The van der Waals surface area contributed by atoms with Crippen LogP contribution in [0.1, 0.15) is 29.3 Å². The smallest absolute Gasteiger partial charge is 0.224 e. The number of halogens is 1. The van der Waals surface area contributed by atoms with Crippen molar-refractivity contribution in [2.75, 3.05) is 13.7 Å². The first-order chi connectivity index (χ1) is 12.3. The molecule has 0 fully saturated rings. The number of carbonyl (C=O) groups is 1. The molecule has 1 aromatic carbocycles. The van der Waals surface area contributed by atoms with Crippen LogP contribution in [0, 0.1) is 5.92 Å². The van der Waals surface area contributed by atoms with Gasteiger partial charge in [-0.3, -0.25) is 4.79 Å². The molecule has 0 aliphatic carbocycles. The van der Waals surface area contributed by atoms with Crippen LogP contribution in [0.3, 0.4) is 0 Å². The van der Waals surface area contributed by atoms with Crippen LogP contribution in [0.2, 0.25) is 5.02 Å². The Morgan fingerprint density at radius 1 is 1.35 bits per heavy atom. The number of ether oxygens (including phenoxy) is 2. The number of sulfone groups is 1. The number of hydrogen-bond acceptors (Lipinski definition) is 6. The van der Waals surface area contributed by atoms with Gasteiger partial charge in [0.2, 0.25) is 5.88 Å². The molecule has 3 rings (SSSR count). The van der Waals surface area contributed by atoms with Crippen LogP contribution >= 0.6 is 11.6 Å². The summed E-state index contributed by atoms with van der Waals surface area (Å²) < 4.78 is 36.3. The lowest BCUT2D eigenvalue weighted by molar-refractivity contribution is 0.0966. The van der Waals surface area contributed by atoms with Crippen LogP contribution < -0.4 is 9.47 Å². The minimum atomic E-state index is -3.74. The number of nitrogens with zero attached hydrogens (tertiary/aromatic N) is 1. The number of pyridine rings is 1. The van der Waals surface area contributed by atoms with E-state index in [9.17, 15) is 13.2 Å². The van der Waals surface area contributed by atoms with Gasteiger partial charge < -0.3 is 9.47 Å². The van der Waals surface area contributed by atoms with Crippen molar-refractivity contribution in [3.05, 3.63) is 46.6 Å². The van der Waals surface area contributed by atoms with Gasteiger partial charge in [-0.25, -0.2) is 13.4 Å². The van der Waals surface area contributed by atoms with Crippen molar-refractivity contribution < 1.29 is 22.7 Å². The van der Waals surface area contributed by atoms with Crippen LogP contribution in [0.5, 0.6) is 11.6 Å². The van der Waals surface area contributed by atoms with E-state index in [1.54, 1.807) is 6.07 Å². The largest absolute Gasteiger partial charge is 0.495 e. The van der Waals surface area contributed by atoms with Crippen LogP contribution in [-0.2, 0) is 15.6 Å². The summed E-state index contributed by atoms with van der Waals surface area (Å²) >= 11 is 5.94. The van der Waals surface area contributed by atoms with E-state index in [-0.39, 0.29) is 34.0 Å². The van der Waals surface area contributed by atoms with Gasteiger partial charge in [-0.1, -0.05) is 18.5 Å². The Hall–Kier alpha value is -2.12. The van der Waals surface area contributed by atoms with Crippen LogP contribution in [-0.4, -0.2) is 32.9 Å². The molecule has 1 atom stereocenters. The molecule has 0 radical (unpaired) electrons. The Morgan fingerprint density at radius 2 is 2.12 bits per heavy atom. The zero-order chi connectivity index (χ0) is 18.9. The van der Waals surface area contributed by atoms with Gasteiger partial charge in [0.25, 0.3) is 0 Å².